The van der Waals surface area contributed by atoms with Crippen LogP contribution in [0.4, 0.5) is 0 Å². The van der Waals surface area contributed by atoms with Crippen molar-refractivity contribution in [3.8, 4) is 0 Å². The molecule has 4 nitrogen and oxygen atoms in total. The molecule has 2 atom stereocenters. The van der Waals surface area contributed by atoms with Crippen LogP contribution in [0.5, 0.6) is 0 Å². The van der Waals surface area contributed by atoms with E-state index < -0.39 is 12.4 Å². The number of ether oxygens (including phenoxy) is 2. The summed E-state index contributed by atoms with van der Waals surface area (Å²) in [5, 5.41) is 9.07. The maximum Gasteiger partial charge on any atom is 0.181 e. The standard InChI is InChI=1S/C7H14O4/c1-5(8)4-6(10-2)7(9)11-3/h6-7,9H,4H2,1-3H3. The van der Waals surface area contributed by atoms with Crippen molar-refractivity contribution in [2.45, 2.75) is 25.7 Å². The van der Waals surface area contributed by atoms with E-state index in [4.69, 9.17) is 9.84 Å². The van der Waals surface area contributed by atoms with E-state index in [1.54, 1.807) is 0 Å². The summed E-state index contributed by atoms with van der Waals surface area (Å²) in [6.07, 6.45) is -1.41. The van der Waals surface area contributed by atoms with Crippen molar-refractivity contribution in [3.63, 3.8) is 0 Å². The third-order valence-corrected chi connectivity index (χ3v) is 1.35. The summed E-state index contributed by atoms with van der Waals surface area (Å²) < 4.78 is 9.40. The fourth-order valence-electron chi connectivity index (χ4n) is 0.736. The minimum Gasteiger partial charge on any atom is -0.376 e. The van der Waals surface area contributed by atoms with Crippen molar-refractivity contribution < 1.29 is 19.4 Å². The Morgan fingerprint density at radius 1 is 1.45 bits per heavy atom. The van der Waals surface area contributed by atoms with Crippen LogP contribution in [0, 0.1) is 0 Å². The molecule has 0 aliphatic carbocycles. The van der Waals surface area contributed by atoms with Gasteiger partial charge >= 0.3 is 0 Å². The Labute approximate surface area is 66.1 Å². The highest BCUT2D eigenvalue weighted by molar-refractivity contribution is 5.76. The molecule has 0 rings (SSSR count). The number of Topliss-reactive ketones (excluding diaryl/α,β-unsaturated/α-hetero) is 1. The average Bonchev–Trinajstić information content (AvgIpc) is 1.98. The molecule has 11 heavy (non-hydrogen) atoms. The van der Waals surface area contributed by atoms with Gasteiger partial charge in [0, 0.05) is 20.6 Å². The van der Waals surface area contributed by atoms with Gasteiger partial charge in [-0.15, -0.1) is 0 Å². The SMILES string of the molecule is COC(O)C(CC(C)=O)OC. The normalized spacial score (nSPS) is 16.0. The second kappa shape index (κ2) is 5.23. The molecule has 0 amide bonds. The zero-order chi connectivity index (χ0) is 8.85. The lowest BCUT2D eigenvalue weighted by Crippen LogP contribution is -2.31. The smallest absolute Gasteiger partial charge is 0.181 e. The van der Waals surface area contributed by atoms with Gasteiger partial charge in [-0.2, -0.15) is 0 Å². The summed E-state index contributed by atoms with van der Waals surface area (Å²) in [5.74, 6) is -0.0343. The van der Waals surface area contributed by atoms with Crippen molar-refractivity contribution >= 4 is 5.78 Å². The highest BCUT2D eigenvalue weighted by atomic mass is 16.6. The molecule has 0 aromatic carbocycles. The molecule has 0 aromatic heterocycles. The number of hydrogen-bond donors (Lipinski definition) is 1. The third kappa shape index (κ3) is 4.08. The van der Waals surface area contributed by atoms with Crippen LogP contribution in [0.25, 0.3) is 0 Å². The Balaban J connectivity index is 3.84. The van der Waals surface area contributed by atoms with Gasteiger partial charge < -0.3 is 14.6 Å². The molecule has 0 heterocycles. The molecule has 4 heteroatoms. The lowest BCUT2D eigenvalue weighted by Gasteiger charge is -2.18. The summed E-state index contributed by atoms with van der Waals surface area (Å²) in [7, 11) is 2.78. The Hall–Kier alpha value is -0.450. The molecule has 2 unspecified atom stereocenters. The first kappa shape index (κ1) is 10.6. The van der Waals surface area contributed by atoms with E-state index in [0.717, 1.165) is 0 Å². The summed E-state index contributed by atoms with van der Waals surface area (Å²) in [6, 6.07) is 0. The van der Waals surface area contributed by atoms with Crippen molar-refractivity contribution in [2.24, 2.45) is 0 Å². The lowest BCUT2D eigenvalue weighted by atomic mass is 10.2. The van der Waals surface area contributed by atoms with Gasteiger partial charge in [0.05, 0.1) is 0 Å². The van der Waals surface area contributed by atoms with Gasteiger partial charge in [-0.25, -0.2) is 0 Å². The Kier molecular flexibility index (Phi) is 5.02. The third-order valence-electron chi connectivity index (χ3n) is 1.35. The quantitative estimate of drug-likeness (QED) is 0.576. The first-order valence-corrected chi connectivity index (χ1v) is 3.35. The maximum atomic E-state index is 10.6. The van der Waals surface area contributed by atoms with Crippen LogP contribution in [0.3, 0.4) is 0 Å². The number of carbonyl (C=O) groups excluding carboxylic acids is 1. The van der Waals surface area contributed by atoms with E-state index in [1.807, 2.05) is 0 Å². The molecule has 0 fully saturated rings. The fourth-order valence-corrected chi connectivity index (χ4v) is 0.736. The lowest BCUT2D eigenvalue weighted by molar-refractivity contribution is -0.160. The van der Waals surface area contributed by atoms with Crippen LogP contribution in [0.1, 0.15) is 13.3 Å². The van der Waals surface area contributed by atoms with Gasteiger partial charge in [-0.1, -0.05) is 0 Å². The average molecular weight is 162 g/mol. The van der Waals surface area contributed by atoms with Crippen LogP contribution in [0.2, 0.25) is 0 Å². The van der Waals surface area contributed by atoms with Gasteiger partial charge in [0.15, 0.2) is 6.29 Å². The van der Waals surface area contributed by atoms with Crippen LogP contribution in [-0.4, -0.2) is 37.5 Å². The molecule has 0 spiro atoms. The Morgan fingerprint density at radius 3 is 2.27 bits per heavy atom. The van der Waals surface area contributed by atoms with Crippen LogP contribution < -0.4 is 0 Å². The maximum absolute atomic E-state index is 10.6. The number of hydrogen-bond acceptors (Lipinski definition) is 4. The number of ketones is 1. The molecule has 0 aliphatic rings. The Morgan fingerprint density at radius 2 is 2.00 bits per heavy atom. The molecular weight excluding hydrogens is 148 g/mol. The first-order valence-electron chi connectivity index (χ1n) is 3.35. The monoisotopic (exact) mass is 162 g/mol. The van der Waals surface area contributed by atoms with Gasteiger partial charge in [0.25, 0.3) is 0 Å². The predicted molar refractivity (Wildman–Crippen MR) is 39.1 cm³/mol. The second-order valence-corrected chi connectivity index (χ2v) is 2.31. The molecular formula is C7H14O4. The van der Waals surface area contributed by atoms with E-state index >= 15 is 0 Å². The summed E-state index contributed by atoms with van der Waals surface area (Å²) in [5.41, 5.74) is 0. The van der Waals surface area contributed by atoms with E-state index in [9.17, 15) is 4.79 Å². The van der Waals surface area contributed by atoms with Gasteiger partial charge in [0.2, 0.25) is 0 Å². The number of methoxy groups -OCH3 is 2. The Bertz CT molecular complexity index is 124. The van der Waals surface area contributed by atoms with E-state index in [1.165, 1.54) is 21.1 Å². The zero-order valence-electron chi connectivity index (χ0n) is 7.03. The number of aliphatic hydroxyl groups excluding tert-OH is 1. The van der Waals surface area contributed by atoms with Crippen LogP contribution >= 0.6 is 0 Å². The number of aliphatic hydroxyl groups is 1. The van der Waals surface area contributed by atoms with Crippen molar-refractivity contribution in [2.75, 3.05) is 14.2 Å². The predicted octanol–water partition coefficient (Wildman–Crippen LogP) is -0.0547. The molecule has 66 valence electrons. The minimum atomic E-state index is -1.02. The fraction of sp³-hybridized carbons (Fsp3) is 0.857. The van der Waals surface area contributed by atoms with Crippen molar-refractivity contribution in [1.29, 1.82) is 0 Å². The van der Waals surface area contributed by atoms with Crippen molar-refractivity contribution in [3.05, 3.63) is 0 Å². The summed E-state index contributed by atoms with van der Waals surface area (Å²) >= 11 is 0. The minimum absolute atomic E-state index is 0.0343. The first-order chi connectivity index (χ1) is 5.11. The molecule has 1 N–H and O–H groups in total. The van der Waals surface area contributed by atoms with E-state index in [2.05, 4.69) is 4.74 Å². The molecule has 0 aromatic rings. The highest BCUT2D eigenvalue weighted by Gasteiger charge is 2.19. The van der Waals surface area contributed by atoms with E-state index in [-0.39, 0.29) is 12.2 Å². The number of carbonyl (C=O) groups is 1. The molecule has 0 aliphatic heterocycles. The highest BCUT2D eigenvalue weighted by Crippen LogP contribution is 2.04. The summed E-state index contributed by atoms with van der Waals surface area (Å²) in [6.45, 7) is 1.44. The number of rotatable bonds is 5. The largest absolute Gasteiger partial charge is 0.376 e. The topological polar surface area (TPSA) is 55.8 Å². The molecule has 0 bridgehead atoms. The van der Waals surface area contributed by atoms with Gasteiger partial charge in [-0.3, -0.25) is 4.79 Å². The van der Waals surface area contributed by atoms with E-state index in [0.29, 0.717) is 0 Å². The van der Waals surface area contributed by atoms with Crippen molar-refractivity contribution in [1.82, 2.24) is 0 Å². The summed E-state index contributed by atoms with van der Waals surface area (Å²) in [4.78, 5) is 10.6. The molecule has 0 radical (unpaired) electrons. The molecule has 0 saturated heterocycles. The van der Waals surface area contributed by atoms with Crippen LogP contribution in [0.15, 0.2) is 0 Å². The van der Waals surface area contributed by atoms with Gasteiger partial charge in [0.1, 0.15) is 11.9 Å². The van der Waals surface area contributed by atoms with Crippen LogP contribution in [-0.2, 0) is 14.3 Å². The zero-order valence-corrected chi connectivity index (χ0v) is 7.03. The second-order valence-electron chi connectivity index (χ2n) is 2.31. The molecule has 0 saturated carbocycles. The van der Waals surface area contributed by atoms with Gasteiger partial charge in [-0.05, 0) is 6.92 Å².